The average molecular weight is 461 g/mol. The summed E-state index contributed by atoms with van der Waals surface area (Å²) in [4.78, 5) is 35.4. The first-order chi connectivity index (χ1) is 14.8. The zero-order valence-corrected chi connectivity index (χ0v) is 19.1. The van der Waals surface area contributed by atoms with Crippen molar-refractivity contribution in [3.8, 4) is 0 Å². The van der Waals surface area contributed by atoms with E-state index in [9.17, 15) is 9.59 Å². The molecule has 8 heteroatoms. The Hall–Kier alpha value is -2.31. The molecule has 2 aromatic rings. The number of carbonyl (C=O) groups is 2. The highest BCUT2D eigenvalue weighted by Crippen LogP contribution is 2.29. The number of nitrogens with one attached hydrogen (secondary N) is 2. The number of imidazole rings is 1. The quantitative estimate of drug-likeness (QED) is 0.651. The number of carbonyl (C=O) groups excluding carboxylic acids is 2. The van der Waals surface area contributed by atoms with Crippen LogP contribution in [0.4, 0.5) is 0 Å². The lowest BCUT2D eigenvalue weighted by molar-refractivity contribution is -0.130. The first-order valence-electron chi connectivity index (χ1n) is 10.7. The number of H-pyrrole nitrogens is 1. The minimum atomic E-state index is -0.518. The standard InChI is InChI=1S/C23H26Cl2N4O2/c1-13-5-3-4-10-29(13)23(31)17-8-6-15(11-18(17)25)22(30)26-14(2)21-27-19-9-7-16(24)12-20(19)28-21/h6-9,12-14,18H,3-5,10-11H2,1-2H3,(H,26,30)(H,27,28). The molecule has 1 aromatic carbocycles. The third kappa shape index (κ3) is 4.65. The molecule has 1 aliphatic carbocycles. The van der Waals surface area contributed by atoms with Gasteiger partial charge in [-0.25, -0.2) is 4.98 Å². The Balaban J connectivity index is 1.45. The smallest absolute Gasteiger partial charge is 0.251 e. The summed E-state index contributed by atoms with van der Waals surface area (Å²) >= 11 is 12.6. The molecule has 2 heterocycles. The van der Waals surface area contributed by atoms with Gasteiger partial charge in [-0.2, -0.15) is 0 Å². The molecule has 0 saturated carbocycles. The van der Waals surface area contributed by atoms with Crippen LogP contribution in [0.25, 0.3) is 11.0 Å². The van der Waals surface area contributed by atoms with E-state index in [2.05, 4.69) is 22.2 Å². The maximum absolute atomic E-state index is 12.9. The van der Waals surface area contributed by atoms with Gasteiger partial charge in [-0.3, -0.25) is 9.59 Å². The van der Waals surface area contributed by atoms with Gasteiger partial charge < -0.3 is 15.2 Å². The maximum atomic E-state index is 12.9. The van der Waals surface area contributed by atoms with Gasteiger partial charge in [0, 0.05) is 28.8 Å². The lowest BCUT2D eigenvalue weighted by Gasteiger charge is -2.35. The molecule has 3 unspecified atom stereocenters. The van der Waals surface area contributed by atoms with E-state index in [1.165, 1.54) is 0 Å². The highest BCUT2D eigenvalue weighted by atomic mass is 35.5. The summed E-state index contributed by atoms with van der Waals surface area (Å²) in [7, 11) is 0. The Morgan fingerprint density at radius 2 is 2.10 bits per heavy atom. The van der Waals surface area contributed by atoms with Crippen molar-refractivity contribution in [1.29, 1.82) is 0 Å². The number of fused-ring (bicyclic) bond motifs is 1. The molecule has 2 amide bonds. The number of halogens is 2. The monoisotopic (exact) mass is 460 g/mol. The van der Waals surface area contributed by atoms with Gasteiger partial charge in [-0.1, -0.05) is 23.8 Å². The molecule has 4 rings (SSSR count). The number of likely N-dealkylation sites (tertiary alicyclic amines) is 1. The molecule has 1 saturated heterocycles. The molecule has 31 heavy (non-hydrogen) atoms. The Labute approximate surface area is 191 Å². The summed E-state index contributed by atoms with van der Waals surface area (Å²) < 4.78 is 0. The number of hydrogen-bond acceptors (Lipinski definition) is 3. The number of rotatable bonds is 4. The Kier molecular flexibility index (Phi) is 6.39. The molecule has 1 aliphatic heterocycles. The van der Waals surface area contributed by atoms with E-state index in [0.717, 1.165) is 36.8 Å². The lowest BCUT2D eigenvalue weighted by Crippen LogP contribution is -2.44. The number of benzene rings is 1. The zero-order valence-electron chi connectivity index (χ0n) is 17.6. The molecule has 2 N–H and O–H groups in total. The molecule has 164 valence electrons. The van der Waals surface area contributed by atoms with Gasteiger partial charge in [0.1, 0.15) is 5.82 Å². The molecule has 0 spiro atoms. The van der Waals surface area contributed by atoms with Crippen LogP contribution in [0.2, 0.25) is 5.02 Å². The number of hydrogen-bond donors (Lipinski definition) is 2. The van der Waals surface area contributed by atoms with E-state index >= 15 is 0 Å². The number of allylic oxidation sites excluding steroid dienone is 2. The molecular weight excluding hydrogens is 435 g/mol. The SMILES string of the molecule is CC(NC(=O)C1=CC=C(C(=O)N2CCCCC2C)C(Cl)C1)c1nc2cc(Cl)ccc2[nH]1. The molecule has 1 aromatic heterocycles. The van der Waals surface area contributed by atoms with E-state index < -0.39 is 5.38 Å². The minimum Gasteiger partial charge on any atom is -0.343 e. The maximum Gasteiger partial charge on any atom is 0.251 e. The van der Waals surface area contributed by atoms with E-state index in [1.807, 2.05) is 17.9 Å². The molecule has 0 bridgehead atoms. The summed E-state index contributed by atoms with van der Waals surface area (Å²) in [6.45, 7) is 4.70. The van der Waals surface area contributed by atoms with Crippen molar-refractivity contribution in [3.05, 3.63) is 52.3 Å². The highest BCUT2D eigenvalue weighted by Gasteiger charge is 2.31. The van der Waals surface area contributed by atoms with Gasteiger partial charge in [0.2, 0.25) is 5.91 Å². The van der Waals surface area contributed by atoms with Crippen molar-refractivity contribution in [1.82, 2.24) is 20.2 Å². The average Bonchev–Trinajstić information content (AvgIpc) is 3.17. The van der Waals surface area contributed by atoms with Gasteiger partial charge in [-0.15, -0.1) is 11.6 Å². The van der Waals surface area contributed by atoms with E-state index in [4.69, 9.17) is 23.2 Å². The van der Waals surface area contributed by atoms with E-state index in [0.29, 0.717) is 28.4 Å². The highest BCUT2D eigenvalue weighted by molar-refractivity contribution is 6.31. The largest absolute Gasteiger partial charge is 0.343 e. The third-order valence-electron chi connectivity index (χ3n) is 6.02. The fourth-order valence-electron chi connectivity index (χ4n) is 4.17. The van der Waals surface area contributed by atoms with Crippen LogP contribution < -0.4 is 5.32 Å². The van der Waals surface area contributed by atoms with E-state index in [-0.39, 0.29) is 23.9 Å². The van der Waals surface area contributed by atoms with Crippen LogP contribution in [-0.4, -0.2) is 44.6 Å². The van der Waals surface area contributed by atoms with Gasteiger partial charge in [0.15, 0.2) is 0 Å². The predicted molar refractivity (Wildman–Crippen MR) is 123 cm³/mol. The van der Waals surface area contributed by atoms with Crippen LogP contribution in [0.3, 0.4) is 0 Å². The van der Waals surface area contributed by atoms with Crippen molar-refractivity contribution in [2.75, 3.05) is 6.54 Å². The summed E-state index contributed by atoms with van der Waals surface area (Å²) in [6.07, 6.45) is 6.91. The van der Waals surface area contributed by atoms with Crippen molar-refractivity contribution < 1.29 is 9.59 Å². The van der Waals surface area contributed by atoms with Gasteiger partial charge >= 0.3 is 0 Å². The summed E-state index contributed by atoms with van der Waals surface area (Å²) in [6, 6.07) is 5.32. The summed E-state index contributed by atoms with van der Waals surface area (Å²) in [5.41, 5.74) is 2.72. The molecular formula is C23H26Cl2N4O2. The van der Waals surface area contributed by atoms with Gasteiger partial charge in [-0.05, 0) is 57.7 Å². The number of piperidine rings is 1. The van der Waals surface area contributed by atoms with Crippen LogP contribution >= 0.6 is 23.2 Å². The van der Waals surface area contributed by atoms with E-state index in [1.54, 1.807) is 24.3 Å². The summed E-state index contributed by atoms with van der Waals surface area (Å²) in [5.74, 6) is 0.415. The fraction of sp³-hybridized carbons (Fsp3) is 0.435. The molecule has 0 radical (unpaired) electrons. The van der Waals surface area contributed by atoms with Crippen molar-refractivity contribution in [2.45, 2.75) is 57.0 Å². The Bertz CT molecular complexity index is 1070. The molecule has 6 nitrogen and oxygen atoms in total. The van der Waals surface area contributed by atoms with Gasteiger partial charge in [0.25, 0.3) is 5.91 Å². The minimum absolute atomic E-state index is 0.0165. The number of alkyl halides is 1. The Morgan fingerprint density at radius 3 is 2.84 bits per heavy atom. The second kappa shape index (κ2) is 9.05. The van der Waals surface area contributed by atoms with Crippen molar-refractivity contribution in [2.24, 2.45) is 0 Å². The van der Waals surface area contributed by atoms with Crippen molar-refractivity contribution in [3.63, 3.8) is 0 Å². The van der Waals surface area contributed by atoms with Gasteiger partial charge in [0.05, 0.1) is 22.5 Å². The van der Waals surface area contributed by atoms with Crippen LogP contribution in [0.5, 0.6) is 0 Å². The number of amides is 2. The molecule has 3 atom stereocenters. The van der Waals surface area contributed by atoms with Crippen LogP contribution in [0, 0.1) is 0 Å². The third-order valence-corrected chi connectivity index (χ3v) is 6.65. The lowest BCUT2D eigenvalue weighted by atomic mass is 9.94. The first-order valence-corrected chi connectivity index (χ1v) is 11.5. The van der Waals surface area contributed by atoms with Crippen LogP contribution in [0.1, 0.15) is 51.4 Å². The predicted octanol–water partition coefficient (Wildman–Crippen LogP) is 4.66. The number of aromatic amines is 1. The zero-order chi connectivity index (χ0) is 22.1. The second-order valence-electron chi connectivity index (χ2n) is 8.31. The first kappa shape index (κ1) is 21.9. The van der Waals surface area contributed by atoms with Crippen LogP contribution in [0.15, 0.2) is 41.5 Å². The number of nitrogens with zero attached hydrogens (tertiary/aromatic N) is 2. The number of aromatic nitrogens is 2. The summed E-state index contributed by atoms with van der Waals surface area (Å²) in [5, 5.41) is 3.05. The molecule has 2 aliphatic rings. The second-order valence-corrected chi connectivity index (χ2v) is 9.27. The topological polar surface area (TPSA) is 78.1 Å². The van der Waals surface area contributed by atoms with Crippen LogP contribution in [-0.2, 0) is 9.59 Å². The Morgan fingerprint density at radius 1 is 1.29 bits per heavy atom. The molecule has 1 fully saturated rings. The normalized spacial score (nSPS) is 22.6. The fourth-order valence-corrected chi connectivity index (χ4v) is 4.67. The van der Waals surface area contributed by atoms with Crippen molar-refractivity contribution >= 4 is 46.0 Å².